The summed E-state index contributed by atoms with van der Waals surface area (Å²) >= 11 is 0. The lowest BCUT2D eigenvalue weighted by Crippen LogP contribution is -2.42. The number of rotatable bonds is 6. The molecule has 7 heteroatoms. The Kier molecular flexibility index (Phi) is 5.74. The van der Waals surface area contributed by atoms with Gasteiger partial charge in [0.25, 0.3) is 0 Å². The molecule has 0 aromatic carbocycles. The van der Waals surface area contributed by atoms with Gasteiger partial charge in [-0.25, -0.2) is 9.59 Å². The molecule has 0 aliphatic carbocycles. The molecule has 0 spiro atoms. The van der Waals surface area contributed by atoms with Crippen molar-refractivity contribution in [3.8, 4) is 0 Å². The van der Waals surface area contributed by atoms with E-state index in [0.717, 1.165) is 11.1 Å². The summed E-state index contributed by atoms with van der Waals surface area (Å²) in [6.45, 7) is 2.16. The maximum Gasteiger partial charge on any atom is 0.334 e. The molecule has 104 valence electrons. The quantitative estimate of drug-likeness (QED) is 0.687. The first kappa shape index (κ1) is 14.9. The van der Waals surface area contributed by atoms with Crippen molar-refractivity contribution in [2.24, 2.45) is 0 Å². The highest BCUT2D eigenvalue weighted by Gasteiger charge is 2.16. The van der Waals surface area contributed by atoms with Gasteiger partial charge in [0, 0.05) is 26.0 Å². The molecule has 2 amide bonds. The summed E-state index contributed by atoms with van der Waals surface area (Å²) in [5.41, 5.74) is 1.93. The molecule has 1 aromatic heterocycles. The van der Waals surface area contributed by atoms with Crippen molar-refractivity contribution in [3.05, 3.63) is 29.6 Å². The monoisotopic (exact) mass is 267 g/mol. The molecular formula is C12H17N3O4. The van der Waals surface area contributed by atoms with Crippen LogP contribution in [0.25, 0.3) is 0 Å². The molecule has 19 heavy (non-hydrogen) atoms. The van der Waals surface area contributed by atoms with Crippen LogP contribution < -0.4 is 10.6 Å². The van der Waals surface area contributed by atoms with Crippen molar-refractivity contribution in [2.75, 3.05) is 13.7 Å². The van der Waals surface area contributed by atoms with Crippen molar-refractivity contribution in [2.45, 2.75) is 19.6 Å². The first-order chi connectivity index (χ1) is 9.04. The Bertz CT molecular complexity index is 450. The van der Waals surface area contributed by atoms with Gasteiger partial charge in [-0.1, -0.05) is 0 Å². The van der Waals surface area contributed by atoms with Crippen LogP contribution in [0.1, 0.15) is 11.1 Å². The number of carbonyl (C=O) groups is 2. The predicted molar refractivity (Wildman–Crippen MR) is 67.6 cm³/mol. The van der Waals surface area contributed by atoms with Crippen LogP contribution in [0.15, 0.2) is 18.5 Å². The minimum absolute atomic E-state index is 0.0903. The number of nitrogens with zero attached hydrogens (tertiary/aromatic N) is 1. The number of carboxylic acids is 1. The van der Waals surface area contributed by atoms with Crippen LogP contribution >= 0.6 is 0 Å². The lowest BCUT2D eigenvalue weighted by Gasteiger charge is -2.12. The van der Waals surface area contributed by atoms with E-state index in [4.69, 9.17) is 9.84 Å². The van der Waals surface area contributed by atoms with Crippen LogP contribution in [0.4, 0.5) is 4.79 Å². The molecule has 0 aliphatic heterocycles. The maximum atomic E-state index is 11.5. The zero-order valence-corrected chi connectivity index (χ0v) is 10.8. The Morgan fingerprint density at radius 1 is 1.47 bits per heavy atom. The van der Waals surface area contributed by atoms with Crippen LogP contribution in [0.2, 0.25) is 0 Å². The summed E-state index contributed by atoms with van der Waals surface area (Å²) in [7, 11) is 1.28. The minimum atomic E-state index is -1.12. The highest BCUT2D eigenvalue weighted by atomic mass is 16.5. The number of pyridine rings is 1. The third-order valence-corrected chi connectivity index (χ3v) is 2.58. The standard InChI is InChI=1S/C12H17N3O4/c1-8-5-13-4-3-9(8)6-14-12(18)15-7-10(19-2)11(16)17/h3-5,10H,6-7H2,1-2H3,(H,16,17)(H2,14,15,18). The predicted octanol–water partition coefficient (Wildman–Crippen LogP) is 0.289. The fourth-order valence-electron chi connectivity index (χ4n) is 1.40. The number of urea groups is 1. The maximum absolute atomic E-state index is 11.5. The summed E-state index contributed by atoms with van der Waals surface area (Å²) in [6, 6.07) is 1.37. The third kappa shape index (κ3) is 4.92. The number of amides is 2. The third-order valence-electron chi connectivity index (χ3n) is 2.58. The molecule has 0 bridgehead atoms. The Labute approximate surface area is 111 Å². The molecular weight excluding hydrogens is 250 g/mol. The molecule has 7 nitrogen and oxygen atoms in total. The van der Waals surface area contributed by atoms with E-state index >= 15 is 0 Å². The highest BCUT2D eigenvalue weighted by Crippen LogP contribution is 2.03. The molecule has 1 atom stereocenters. The fraction of sp³-hybridized carbons (Fsp3) is 0.417. The van der Waals surface area contributed by atoms with Gasteiger partial charge in [0.05, 0.1) is 6.54 Å². The van der Waals surface area contributed by atoms with Crippen LogP contribution in [-0.2, 0) is 16.1 Å². The second-order valence-electron chi connectivity index (χ2n) is 3.93. The summed E-state index contributed by atoms with van der Waals surface area (Å²) in [5.74, 6) is -1.12. The number of ether oxygens (including phenoxy) is 1. The summed E-state index contributed by atoms with van der Waals surface area (Å²) in [6.07, 6.45) is 2.31. The van der Waals surface area contributed by atoms with Gasteiger partial charge in [-0.05, 0) is 24.1 Å². The molecule has 1 unspecified atom stereocenters. The van der Waals surface area contributed by atoms with E-state index in [2.05, 4.69) is 15.6 Å². The van der Waals surface area contributed by atoms with E-state index in [1.165, 1.54) is 7.11 Å². The minimum Gasteiger partial charge on any atom is -0.479 e. The number of carbonyl (C=O) groups excluding carboxylic acids is 1. The number of methoxy groups -OCH3 is 1. The Morgan fingerprint density at radius 3 is 2.79 bits per heavy atom. The summed E-state index contributed by atoms with van der Waals surface area (Å²) in [5, 5.41) is 13.8. The molecule has 1 heterocycles. The van der Waals surface area contributed by atoms with E-state index in [-0.39, 0.29) is 6.54 Å². The number of hydrogen-bond acceptors (Lipinski definition) is 4. The van der Waals surface area contributed by atoms with Crippen LogP contribution in [0.5, 0.6) is 0 Å². The van der Waals surface area contributed by atoms with Crippen molar-refractivity contribution in [1.82, 2.24) is 15.6 Å². The lowest BCUT2D eigenvalue weighted by molar-refractivity contribution is -0.147. The van der Waals surface area contributed by atoms with E-state index in [9.17, 15) is 9.59 Å². The van der Waals surface area contributed by atoms with Gasteiger partial charge in [0.15, 0.2) is 6.10 Å². The van der Waals surface area contributed by atoms with Gasteiger partial charge in [-0.3, -0.25) is 4.98 Å². The molecule has 0 saturated carbocycles. The van der Waals surface area contributed by atoms with Crippen molar-refractivity contribution in [3.63, 3.8) is 0 Å². The normalized spacial score (nSPS) is 11.7. The Hall–Kier alpha value is -2.15. The Balaban J connectivity index is 2.36. The molecule has 0 radical (unpaired) electrons. The van der Waals surface area contributed by atoms with Crippen LogP contribution in [-0.4, -0.2) is 41.8 Å². The largest absolute Gasteiger partial charge is 0.479 e. The average Bonchev–Trinajstić information content (AvgIpc) is 2.38. The van der Waals surface area contributed by atoms with Gasteiger partial charge in [-0.2, -0.15) is 0 Å². The SMILES string of the molecule is COC(CNC(=O)NCc1ccncc1C)C(=O)O. The first-order valence-electron chi connectivity index (χ1n) is 5.71. The van der Waals surface area contributed by atoms with Crippen LogP contribution in [0, 0.1) is 6.92 Å². The molecule has 0 aliphatic rings. The van der Waals surface area contributed by atoms with E-state index in [0.29, 0.717) is 6.54 Å². The molecule has 1 rings (SSSR count). The molecule has 3 N–H and O–H groups in total. The van der Waals surface area contributed by atoms with Gasteiger partial charge in [0.2, 0.25) is 0 Å². The molecule has 0 saturated heterocycles. The lowest BCUT2D eigenvalue weighted by atomic mass is 10.1. The number of aromatic nitrogens is 1. The van der Waals surface area contributed by atoms with E-state index in [1.54, 1.807) is 12.4 Å². The van der Waals surface area contributed by atoms with Crippen molar-refractivity contribution in [1.29, 1.82) is 0 Å². The summed E-state index contributed by atoms with van der Waals surface area (Å²) < 4.78 is 4.69. The van der Waals surface area contributed by atoms with Gasteiger partial charge in [-0.15, -0.1) is 0 Å². The zero-order chi connectivity index (χ0) is 14.3. The van der Waals surface area contributed by atoms with Gasteiger partial charge >= 0.3 is 12.0 Å². The van der Waals surface area contributed by atoms with Gasteiger partial charge < -0.3 is 20.5 Å². The van der Waals surface area contributed by atoms with Crippen molar-refractivity contribution < 1.29 is 19.4 Å². The van der Waals surface area contributed by atoms with Crippen LogP contribution in [0.3, 0.4) is 0 Å². The molecule has 1 aromatic rings. The van der Waals surface area contributed by atoms with Gasteiger partial charge in [0.1, 0.15) is 0 Å². The number of aryl methyl sites for hydroxylation is 1. The second kappa shape index (κ2) is 7.32. The van der Waals surface area contributed by atoms with E-state index < -0.39 is 18.1 Å². The zero-order valence-electron chi connectivity index (χ0n) is 10.8. The first-order valence-corrected chi connectivity index (χ1v) is 5.71. The highest BCUT2D eigenvalue weighted by molar-refractivity contribution is 5.76. The Morgan fingerprint density at radius 2 is 2.21 bits per heavy atom. The second-order valence-corrected chi connectivity index (χ2v) is 3.93. The average molecular weight is 267 g/mol. The number of carboxylic acid groups (broad SMARTS) is 1. The van der Waals surface area contributed by atoms with E-state index in [1.807, 2.05) is 13.0 Å². The number of hydrogen-bond donors (Lipinski definition) is 3. The smallest absolute Gasteiger partial charge is 0.334 e. The fourth-order valence-corrected chi connectivity index (χ4v) is 1.40. The van der Waals surface area contributed by atoms with Crippen molar-refractivity contribution >= 4 is 12.0 Å². The number of aliphatic carboxylic acids is 1. The molecule has 0 fully saturated rings. The topological polar surface area (TPSA) is 101 Å². The number of nitrogens with one attached hydrogen (secondary N) is 2. The summed E-state index contributed by atoms with van der Waals surface area (Å²) in [4.78, 5) is 26.1.